The van der Waals surface area contributed by atoms with Crippen LogP contribution in [0.15, 0.2) is 23.2 Å². The lowest BCUT2D eigenvalue weighted by atomic mass is 10.1. The summed E-state index contributed by atoms with van der Waals surface area (Å²) in [5.74, 6) is 0.316. The SMILES string of the molecule is CC(C)(C)N=C(N)Nc1cccc(Cl)c1Cl. The molecule has 0 radical (unpaired) electrons. The molecule has 5 heteroatoms. The van der Waals surface area contributed by atoms with E-state index < -0.39 is 0 Å². The second-order valence-corrected chi connectivity index (χ2v) is 5.18. The molecule has 0 fully saturated rings. The lowest BCUT2D eigenvalue weighted by Crippen LogP contribution is -2.27. The molecule has 0 saturated heterocycles. The molecule has 0 atom stereocenters. The van der Waals surface area contributed by atoms with Gasteiger partial charge in [-0.2, -0.15) is 0 Å². The van der Waals surface area contributed by atoms with E-state index in [9.17, 15) is 0 Å². The van der Waals surface area contributed by atoms with E-state index in [1.807, 2.05) is 20.8 Å². The zero-order valence-electron chi connectivity index (χ0n) is 9.51. The minimum Gasteiger partial charge on any atom is -0.370 e. The maximum atomic E-state index is 6.00. The first-order valence-corrected chi connectivity index (χ1v) is 5.61. The van der Waals surface area contributed by atoms with Gasteiger partial charge in [0.25, 0.3) is 0 Å². The van der Waals surface area contributed by atoms with Crippen LogP contribution in [0, 0.1) is 0 Å². The number of anilines is 1. The minimum atomic E-state index is -0.234. The number of hydrogen-bond acceptors (Lipinski definition) is 1. The molecule has 0 aliphatic carbocycles. The molecule has 3 nitrogen and oxygen atoms in total. The molecule has 88 valence electrons. The van der Waals surface area contributed by atoms with Crippen molar-refractivity contribution in [2.45, 2.75) is 26.3 Å². The fourth-order valence-corrected chi connectivity index (χ4v) is 1.48. The molecule has 0 unspecified atom stereocenters. The average molecular weight is 260 g/mol. The molecule has 1 aromatic rings. The van der Waals surface area contributed by atoms with Gasteiger partial charge in [-0.1, -0.05) is 29.3 Å². The Bertz CT molecular complexity index is 408. The number of rotatable bonds is 1. The molecule has 3 N–H and O–H groups in total. The molecule has 0 aromatic heterocycles. The first-order valence-electron chi connectivity index (χ1n) is 4.86. The number of halogens is 2. The molecule has 16 heavy (non-hydrogen) atoms. The molecule has 0 amide bonds. The van der Waals surface area contributed by atoms with Gasteiger partial charge in [-0.3, -0.25) is 0 Å². The van der Waals surface area contributed by atoms with E-state index in [1.54, 1.807) is 18.2 Å². The number of guanidine groups is 1. The van der Waals surface area contributed by atoms with E-state index in [2.05, 4.69) is 10.3 Å². The van der Waals surface area contributed by atoms with Crippen LogP contribution in [0.5, 0.6) is 0 Å². The maximum absolute atomic E-state index is 6.00. The van der Waals surface area contributed by atoms with Crippen LogP contribution >= 0.6 is 23.2 Å². The summed E-state index contributed by atoms with van der Waals surface area (Å²) in [6.07, 6.45) is 0. The molecule has 0 bridgehead atoms. The van der Waals surface area contributed by atoms with Crippen LogP contribution in [-0.2, 0) is 0 Å². The van der Waals surface area contributed by atoms with Crippen molar-refractivity contribution < 1.29 is 0 Å². The first kappa shape index (κ1) is 13.1. The quantitative estimate of drug-likeness (QED) is 0.599. The normalized spacial score (nSPS) is 12.7. The third-order valence-electron chi connectivity index (χ3n) is 1.67. The fourth-order valence-electron chi connectivity index (χ4n) is 1.13. The van der Waals surface area contributed by atoms with Crippen molar-refractivity contribution in [3.63, 3.8) is 0 Å². The summed E-state index contributed by atoms with van der Waals surface area (Å²) >= 11 is 11.9. The zero-order valence-corrected chi connectivity index (χ0v) is 11.0. The Morgan fingerprint density at radius 2 is 1.94 bits per heavy atom. The number of hydrogen-bond donors (Lipinski definition) is 2. The van der Waals surface area contributed by atoms with Gasteiger partial charge < -0.3 is 11.1 Å². The van der Waals surface area contributed by atoms with Crippen LogP contribution in [0.2, 0.25) is 10.0 Å². The average Bonchev–Trinajstić information content (AvgIpc) is 2.09. The van der Waals surface area contributed by atoms with Crippen LogP contribution in [0.25, 0.3) is 0 Å². The van der Waals surface area contributed by atoms with Gasteiger partial charge in [0.2, 0.25) is 0 Å². The van der Waals surface area contributed by atoms with E-state index in [1.165, 1.54) is 0 Å². The molecule has 0 aliphatic heterocycles. The maximum Gasteiger partial charge on any atom is 0.193 e. The summed E-state index contributed by atoms with van der Waals surface area (Å²) in [7, 11) is 0. The van der Waals surface area contributed by atoms with Crippen molar-refractivity contribution in [3.8, 4) is 0 Å². The Kier molecular flexibility index (Phi) is 4.05. The Morgan fingerprint density at radius 3 is 2.50 bits per heavy atom. The van der Waals surface area contributed by atoms with E-state index in [-0.39, 0.29) is 5.54 Å². The van der Waals surface area contributed by atoms with Crippen molar-refractivity contribution in [1.82, 2.24) is 0 Å². The molecule has 0 aliphatic rings. The molecular formula is C11H15Cl2N3. The molecule has 0 heterocycles. The number of nitrogens with two attached hydrogens (primary N) is 1. The van der Waals surface area contributed by atoms with Crippen molar-refractivity contribution >= 4 is 34.8 Å². The van der Waals surface area contributed by atoms with Gasteiger partial charge >= 0.3 is 0 Å². The number of benzene rings is 1. The van der Waals surface area contributed by atoms with E-state index >= 15 is 0 Å². The lowest BCUT2D eigenvalue weighted by molar-refractivity contribution is 0.583. The van der Waals surface area contributed by atoms with Crippen LogP contribution in [0.3, 0.4) is 0 Å². The smallest absolute Gasteiger partial charge is 0.193 e. The fraction of sp³-hybridized carbons (Fsp3) is 0.364. The third-order valence-corrected chi connectivity index (χ3v) is 2.49. The van der Waals surface area contributed by atoms with Crippen LogP contribution in [0.4, 0.5) is 5.69 Å². The van der Waals surface area contributed by atoms with Crippen LogP contribution < -0.4 is 11.1 Å². The van der Waals surface area contributed by atoms with Crippen molar-refractivity contribution in [2.75, 3.05) is 5.32 Å². The Morgan fingerprint density at radius 1 is 1.31 bits per heavy atom. The topological polar surface area (TPSA) is 50.4 Å². The van der Waals surface area contributed by atoms with Gasteiger partial charge in [0.1, 0.15) is 0 Å². The Hall–Kier alpha value is -0.930. The summed E-state index contributed by atoms with van der Waals surface area (Å²) in [4.78, 5) is 4.26. The number of nitrogens with zero attached hydrogens (tertiary/aromatic N) is 1. The highest BCUT2D eigenvalue weighted by atomic mass is 35.5. The van der Waals surface area contributed by atoms with Gasteiger partial charge in [0, 0.05) is 0 Å². The second-order valence-electron chi connectivity index (χ2n) is 4.39. The highest BCUT2D eigenvalue weighted by Gasteiger charge is 2.09. The predicted molar refractivity (Wildman–Crippen MR) is 71.5 cm³/mol. The van der Waals surface area contributed by atoms with E-state index in [4.69, 9.17) is 28.9 Å². The minimum absolute atomic E-state index is 0.234. The standard InChI is InChI=1S/C11H15Cl2N3/c1-11(2,3)16-10(14)15-8-6-4-5-7(12)9(8)13/h4-6H,1-3H3,(H3,14,15,16). The summed E-state index contributed by atoms with van der Waals surface area (Å²) in [6.45, 7) is 5.88. The van der Waals surface area contributed by atoms with Gasteiger partial charge in [-0.05, 0) is 32.9 Å². The van der Waals surface area contributed by atoms with Crippen molar-refractivity contribution in [3.05, 3.63) is 28.2 Å². The second kappa shape index (κ2) is 4.93. The van der Waals surface area contributed by atoms with E-state index in [0.29, 0.717) is 21.7 Å². The summed E-state index contributed by atoms with van der Waals surface area (Å²) < 4.78 is 0. The van der Waals surface area contributed by atoms with Crippen molar-refractivity contribution in [2.24, 2.45) is 10.7 Å². The largest absolute Gasteiger partial charge is 0.370 e. The monoisotopic (exact) mass is 259 g/mol. The molecule has 0 spiro atoms. The summed E-state index contributed by atoms with van der Waals surface area (Å²) in [6, 6.07) is 5.30. The molecule has 1 aromatic carbocycles. The van der Waals surface area contributed by atoms with Crippen LogP contribution in [-0.4, -0.2) is 11.5 Å². The first-order chi connectivity index (χ1) is 7.29. The predicted octanol–water partition coefficient (Wildman–Crippen LogP) is 3.52. The van der Waals surface area contributed by atoms with Gasteiger partial charge in [-0.15, -0.1) is 0 Å². The lowest BCUT2D eigenvalue weighted by Gasteiger charge is -2.15. The highest BCUT2D eigenvalue weighted by molar-refractivity contribution is 6.43. The molecular weight excluding hydrogens is 245 g/mol. The van der Waals surface area contributed by atoms with Gasteiger partial charge in [-0.25, -0.2) is 4.99 Å². The molecule has 0 saturated carbocycles. The third kappa shape index (κ3) is 3.91. The van der Waals surface area contributed by atoms with Gasteiger partial charge in [0.15, 0.2) is 5.96 Å². The Balaban J connectivity index is 2.90. The Labute approximate surface area is 106 Å². The zero-order chi connectivity index (χ0) is 12.3. The summed E-state index contributed by atoms with van der Waals surface area (Å²) in [5, 5.41) is 3.84. The highest BCUT2D eigenvalue weighted by Crippen LogP contribution is 2.29. The van der Waals surface area contributed by atoms with E-state index in [0.717, 1.165) is 0 Å². The number of aliphatic imine (C=N–C) groups is 1. The van der Waals surface area contributed by atoms with Crippen LogP contribution in [0.1, 0.15) is 20.8 Å². The number of nitrogens with one attached hydrogen (secondary N) is 1. The van der Waals surface area contributed by atoms with Crippen molar-refractivity contribution in [1.29, 1.82) is 0 Å². The summed E-state index contributed by atoms with van der Waals surface area (Å²) in [5.41, 5.74) is 6.17. The van der Waals surface area contributed by atoms with Gasteiger partial charge in [0.05, 0.1) is 21.3 Å². The molecule has 1 rings (SSSR count).